The molecule has 2 heterocycles. The van der Waals surface area contributed by atoms with Crippen LogP contribution in [0.3, 0.4) is 0 Å². The number of benzene rings is 3. The number of carbonyl (C=O) groups is 2. The molecule has 10 heteroatoms. The van der Waals surface area contributed by atoms with Crippen LogP contribution in [0.15, 0.2) is 93.1 Å². The second-order valence-electron chi connectivity index (χ2n) is 8.25. The van der Waals surface area contributed by atoms with Crippen LogP contribution in [0.2, 0.25) is 5.02 Å². The monoisotopic (exact) mass is 605 g/mol. The molecule has 196 valence electrons. The van der Waals surface area contributed by atoms with Gasteiger partial charge in [0.1, 0.15) is 5.69 Å². The first-order chi connectivity index (χ1) is 18.9. The van der Waals surface area contributed by atoms with E-state index in [2.05, 4.69) is 31.4 Å². The topological polar surface area (TPSA) is 106 Å². The third-order valence-corrected chi connectivity index (χ3v) is 6.53. The summed E-state index contributed by atoms with van der Waals surface area (Å²) >= 11 is 10.00. The fourth-order valence-corrected chi connectivity index (χ4v) is 4.59. The number of furan rings is 1. The Kier molecular flexibility index (Phi) is 7.81. The van der Waals surface area contributed by atoms with Gasteiger partial charge in [-0.05, 0) is 67.1 Å². The van der Waals surface area contributed by atoms with E-state index < -0.39 is 11.9 Å². The van der Waals surface area contributed by atoms with E-state index in [0.717, 1.165) is 20.9 Å². The maximum atomic E-state index is 13.3. The van der Waals surface area contributed by atoms with E-state index in [-0.39, 0.29) is 11.5 Å². The molecule has 1 amide bonds. The van der Waals surface area contributed by atoms with Crippen molar-refractivity contribution in [3.05, 3.63) is 106 Å². The molecule has 0 bridgehead atoms. The Morgan fingerprint density at radius 3 is 2.69 bits per heavy atom. The predicted molar refractivity (Wildman–Crippen MR) is 153 cm³/mol. The third-order valence-electron chi connectivity index (χ3n) is 5.70. The van der Waals surface area contributed by atoms with Crippen LogP contribution < -0.4 is 14.9 Å². The largest absolute Gasteiger partial charge is 0.490 e. The predicted octanol–water partition coefficient (Wildman–Crippen LogP) is 7.23. The second-order valence-corrected chi connectivity index (χ2v) is 9.57. The third kappa shape index (κ3) is 5.74. The van der Waals surface area contributed by atoms with Crippen LogP contribution in [0, 0.1) is 0 Å². The van der Waals surface area contributed by atoms with Crippen LogP contribution in [-0.2, 0) is 0 Å². The van der Waals surface area contributed by atoms with Crippen molar-refractivity contribution in [1.29, 1.82) is 0 Å². The summed E-state index contributed by atoms with van der Waals surface area (Å²) in [5.74, 6) is -0.439. The number of nitrogens with one attached hydrogen (secondary N) is 2. The van der Waals surface area contributed by atoms with Crippen LogP contribution >= 0.6 is 27.5 Å². The Hall–Kier alpha value is -4.34. The standard InChI is InChI=1S/C29H21BrClN3O5/c1-2-37-25-14-17(9-12-23(25)39-29(36)24-8-5-13-38-24)16-32-34-28(35)27-26(19-6-3-4-7-21(19)31)20-15-18(30)10-11-22(20)33-27/h3-16,33H,2H2,1H3,(H,34,35). The Bertz CT molecular complexity index is 1690. The maximum absolute atomic E-state index is 13.3. The normalized spacial score (nSPS) is 11.2. The van der Waals surface area contributed by atoms with E-state index in [4.69, 9.17) is 25.5 Å². The van der Waals surface area contributed by atoms with Crippen molar-refractivity contribution in [2.75, 3.05) is 6.61 Å². The molecule has 0 atom stereocenters. The van der Waals surface area contributed by atoms with Gasteiger partial charge in [0.05, 0.1) is 19.1 Å². The van der Waals surface area contributed by atoms with Crippen molar-refractivity contribution in [3.63, 3.8) is 0 Å². The summed E-state index contributed by atoms with van der Waals surface area (Å²) in [4.78, 5) is 28.7. The molecule has 2 aromatic heterocycles. The van der Waals surface area contributed by atoms with Gasteiger partial charge in [0.2, 0.25) is 5.76 Å². The number of esters is 1. The molecule has 0 saturated heterocycles. The molecule has 3 aromatic carbocycles. The van der Waals surface area contributed by atoms with Gasteiger partial charge in [-0.25, -0.2) is 10.2 Å². The van der Waals surface area contributed by atoms with E-state index in [1.54, 1.807) is 30.3 Å². The fourth-order valence-electron chi connectivity index (χ4n) is 4.00. The molecule has 0 unspecified atom stereocenters. The summed E-state index contributed by atoms with van der Waals surface area (Å²) in [6.45, 7) is 2.17. The van der Waals surface area contributed by atoms with Crippen molar-refractivity contribution in [2.45, 2.75) is 6.92 Å². The number of fused-ring (bicyclic) bond motifs is 1. The molecule has 0 radical (unpaired) electrons. The van der Waals surface area contributed by atoms with E-state index in [1.165, 1.54) is 18.5 Å². The number of aromatic amines is 1. The molecule has 8 nitrogen and oxygen atoms in total. The van der Waals surface area contributed by atoms with Gasteiger partial charge in [0, 0.05) is 31.5 Å². The first kappa shape index (κ1) is 26.3. The van der Waals surface area contributed by atoms with Crippen LogP contribution in [0.4, 0.5) is 0 Å². The van der Waals surface area contributed by atoms with Gasteiger partial charge < -0.3 is 18.9 Å². The highest BCUT2D eigenvalue weighted by molar-refractivity contribution is 9.10. The number of aromatic nitrogens is 1. The minimum atomic E-state index is -0.644. The fraction of sp³-hybridized carbons (Fsp3) is 0.0690. The molecule has 0 spiro atoms. The lowest BCUT2D eigenvalue weighted by Crippen LogP contribution is -2.19. The second kappa shape index (κ2) is 11.6. The molecule has 0 fully saturated rings. The number of hydrazone groups is 1. The van der Waals surface area contributed by atoms with Crippen molar-refractivity contribution in [3.8, 4) is 22.6 Å². The number of H-pyrrole nitrogens is 1. The quantitative estimate of drug-likeness (QED) is 0.0839. The summed E-state index contributed by atoms with van der Waals surface area (Å²) in [7, 11) is 0. The van der Waals surface area contributed by atoms with Crippen LogP contribution in [-0.4, -0.2) is 29.7 Å². The molecule has 0 saturated carbocycles. The number of halogens is 2. The molecule has 5 rings (SSSR count). The number of rotatable bonds is 8. The van der Waals surface area contributed by atoms with Crippen LogP contribution in [0.5, 0.6) is 11.5 Å². The van der Waals surface area contributed by atoms with E-state index in [1.807, 2.05) is 43.3 Å². The molecule has 2 N–H and O–H groups in total. The van der Waals surface area contributed by atoms with Gasteiger partial charge in [0.15, 0.2) is 11.5 Å². The molecular formula is C29H21BrClN3O5. The van der Waals surface area contributed by atoms with Crippen molar-refractivity contribution < 1.29 is 23.5 Å². The van der Waals surface area contributed by atoms with Crippen molar-refractivity contribution in [2.24, 2.45) is 5.10 Å². The van der Waals surface area contributed by atoms with Gasteiger partial charge in [0.25, 0.3) is 5.91 Å². The average Bonchev–Trinajstić information content (AvgIpc) is 3.59. The molecule has 0 aliphatic rings. The minimum Gasteiger partial charge on any atom is -0.490 e. The first-order valence-electron chi connectivity index (χ1n) is 11.9. The lowest BCUT2D eigenvalue weighted by atomic mass is 10.0. The van der Waals surface area contributed by atoms with Crippen molar-refractivity contribution in [1.82, 2.24) is 10.4 Å². The number of hydrogen-bond acceptors (Lipinski definition) is 6. The number of ether oxygens (including phenoxy) is 2. The van der Waals surface area contributed by atoms with Gasteiger partial charge in [-0.15, -0.1) is 0 Å². The smallest absolute Gasteiger partial charge is 0.379 e. The summed E-state index contributed by atoms with van der Waals surface area (Å²) in [5, 5.41) is 5.49. The summed E-state index contributed by atoms with van der Waals surface area (Å²) < 4.78 is 17.0. The number of nitrogens with zero attached hydrogens (tertiary/aromatic N) is 1. The molecule has 39 heavy (non-hydrogen) atoms. The first-order valence-corrected chi connectivity index (χ1v) is 13.0. The highest BCUT2D eigenvalue weighted by atomic mass is 79.9. The molecular weight excluding hydrogens is 586 g/mol. The number of carbonyl (C=O) groups excluding carboxylic acids is 2. The Labute approximate surface area is 236 Å². The van der Waals surface area contributed by atoms with E-state index >= 15 is 0 Å². The summed E-state index contributed by atoms with van der Waals surface area (Å²) in [6.07, 6.45) is 2.85. The van der Waals surface area contributed by atoms with Crippen molar-refractivity contribution >= 4 is 56.5 Å². The van der Waals surface area contributed by atoms with Gasteiger partial charge in [-0.1, -0.05) is 45.7 Å². The molecule has 0 aliphatic heterocycles. The lowest BCUT2D eigenvalue weighted by Gasteiger charge is -2.10. The number of amides is 1. The van der Waals surface area contributed by atoms with Crippen LogP contribution in [0.25, 0.3) is 22.0 Å². The van der Waals surface area contributed by atoms with E-state index in [0.29, 0.717) is 34.2 Å². The lowest BCUT2D eigenvalue weighted by molar-refractivity contribution is 0.0695. The Balaban J connectivity index is 1.39. The zero-order valence-electron chi connectivity index (χ0n) is 20.5. The highest BCUT2D eigenvalue weighted by Crippen LogP contribution is 2.37. The minimum absolute atomic E-state index is 0.0753. The summed E-state index contributed by atoms with van der Waals surface area (Å²) in [6, 6.07) is 21.1. The van der Waals surface area contributed by atoms with Crippen LogP contribution in [0.1, 0.15) is 33.5 Å². The number of hydrogen-bond donors (Lipinski definition) is 2. The van der Waals surface area contributed by atoms with Gasteiger partial charge in [-0.2, -0.15) is 5.10 Å². The van der Waals surface area contributed by atoms with Gasteiger partial charge >= 0.3 is 5.97 Å². The maximum Gasteiger partial charge on any atom is 0.379 e. The van der Waals surface area contributed by atoms with Gasteiger partial charge in [-0.3, -0.25) is 4.79 Å². The Morgan fingerprint density at radius 1 is 1.08 bits per heavy atom. The average molecular weight is 607 g/mol. The summed E-state index contributed by atoms with van der Waals surface area (Å²) in [5.41, 5.74) is 5.69. The molecule has 5 aromatic rings. The Morgan fingerprint density at radius 2 is 1.92 bits per heavy atom. The SMILES string of the molecule is CCOc1cc(C=NNC(=O)c2[nH]c3ccc(Br)cc3c2-c2ccccc2Cl)ccc1OC(=O)c1ccco1. The highest BCUT2D eigenvalue weighted by Gasteiger charge is 2.21. The molecule has 0 aliphatic carbocycles. The zero-order valence-corrected chi connectivity index (χ0v) is 22.9. The van der Waals surface area contributed by atoms with E-state index in [9.17, 15) is 9.59 Å². The zero-order chi connectivity index (χ0) is 27.4.